The minimum absolute atomic E-state index is 0.103. The Kier molecular flexibility index (Phi) is 4.62. The third-order valence-corrected chi connectivity index (χ3v) is 3.99. The van der Waals surface area contributed by atoms with E-state index < -0.39 is 5.54 Å². The normalized spacial score (nSPS) is 15.2. The highest BCUT2D eigenvalue weighted by molar-refractivity contribution is 6.42. The second-order valence-corrected chi connectivity index (χ2v) is 6.98. The minimum Gasteiger partial charge on any atom is -0.335 e. The van der Waals surface area contributed by atoms with Crippen molar-refractivity contribution in [3.8, 4) is 0 Å². The van der Waals surface area contributed by atoms with E-state index in [9.17, 15) is 4.79 Å². The van der Waals surface area contributed by atoms with Crippen LogP contribution in [-0.2, 0) is 11.3 Å². The van der Waals surface area contributed by atoms with E-state index in [1.165, 1.54) is 0 Å². The van der Waals surface area contributed by atoms with Crippen LogP contribution in [0.25, 0.3) is 0 Å². The van der Waals surface area contributed by atoms with Crippen molar-refractivity contribution in [3.05, 3.63) is 33.8 Å². The Morgan fingerprint density at radius 3 is 2.50 bits per heavy atom. The Balaban J connectivity index is 2.09. The Labute approximate surface area is 130 Å². The molecule has 1 aromatic carbocycles. The zero-order chi connectivity index (χ0) is 14.9. The number of hydrogen-bond donors (Lipinski definition) is 1. The molecular formula is C15H20Cl2N2O. The summed E-state index contributed by atoms with van der Waals surface area (Å²) in [7, 11) is 0. The van der Waals surface area contributed by atoms with E-state index in [4.69, 9.17) is 28.9 Å². The molecule has 0 heterocycles. The lowest BCUT2D eigenvalue weighted by Crippen LogP contribution is -2.41. The zero-order valence-corrected chi connectivity index (χ0v) is 13.3. The molecule has 0 spiro atoms. The van der Waals surface area contributed by atoms with Gasteiger partial charge in [0.15, 0.2) is 0 Å². The standard InChI is InChI=1S/C15H20Cl2N2O/c1-15(2,18)8-14(20)19(11-4-5-11)9-10-3-6-12(16)13(17)7-10/h3,6-7,11H,4-5,8-9,18H2,1-2H3. The number of carbonyl (C=O) groups excluding carboxylic acids is 1. The fraction of sp³-hybridized carbons (Fsp3) is 0.533. The van der Waals surface area contributed by atoms with Crippen LogP contribution < -0.4 is 5.73 Å². The monoisotopic (exact) mass is 314 g/mol. The Bertz CT molecular complexity index is 507. The van der Waals surface area contributed by atoms with Crippen molar-refractivity contribution in [2.24, 2.45) is 5.73 Å². The molecule has 0 saturated heterocycles. The molecule has 0 atom stereocenters. The maximum atomic E-state index is 12.4. The minimum atomic E-state index is -0.484. The van der Waals surface area contributed by atoms with Crippen LogP contribution in [0, 0.1) is 0 Å². The lowest BCUT2D eigenvalue weighted by molar-refractivity contribution is -0.133. The van der Waals surface area contributed by atoms with Gasteiger partial charge in [0.25, 0.3) is 0 Å². The number of hydrogen-bond acceptors (Lipinski definition) is 2. The van der Waals surface area contributed by atoms with Crippen LogP contribution >= 0.6 is 23.2 Å². The summed E-state index contributed by atoms with van der Waals surface area (Å²) in [4.78, 5) is 14.3. The molecule has 1 aliphatic carbocycles. The van der Waals surface area contributed by atoms with E-state index in [0.717, 1.165) is 18.4 Å². The molecule has 110 valence electrons. The summed E-state index contributed by atoms with van der Waals surface area (Å²) >= 11 is 11.9. The van der Waals surface area contributed by atoms with Gasteiger partial charge in [-0.25, -0.2) is 0 Å². The largest absolute Gasteiger partial charge is 0.335 e. The maximum Gasteiger partial charge on any atom is 0.224 e. The first-order valence-electron chi connectivity index (χ1n) is 6.78. The molecule has 1 aromatic rings. The average Bonchev–Trinajstić information content (AvgIpc) is 3.12. The second-order valence-electron chi connectivity index (χ2n) is 6.17. The van der Waals surface area contributed by atoms with Gasteiger partial charge in [-0.15, -0.1) is 0 Å². The Hall–Kier alpha value is -0.770. The van der Waals surface area contributed by atoms with Gasteiger partial charge in [-0.2, -0.15) is 0 Å². The molecule has 1 amide bonds. The summed E-state index contributed by atoms with van der Waals surface area (Å²) in [5.74, 6) is 0.103. The lowest BCUT2D eigenvalue weighted by Gasteiger charge is -2.27. The molecule has 0 aromatic heterocycles. The SMILES string of the molecule is CC(C)(N)CC(=O)N(Cc1ccc(Cl)c(Cl)c1)C1CC1. The summed E-state index contributed by atoms with van der Waals surface area (Å²) in [6.07, 6.45) is 2.49. The maximum absolute atomic E-state index is 12.4. The quantitative estimate of drug-likeness (QED) is 0.902. The van der Waals surface area contributed by atoms with Crippen LogP contribution in [0.15, 0.2) is 18.2 Å². The molecule has 5 heteroatoms. The molecule has 2 N–H and O–H groups in total. The number of halogens is 2. The number of benzene rings is 1. The highest BCUT2D eigenvalue weighted by Gasteiger charge is 2.34. The van der Waals surface area contributed by atoms with Gasteiger partial charge < -0.3 is 10.6 Å². The third kappa shape index (κ3) is 4.37. The smallest absolute Gasteiger partial charge is 0.224 e. The van der Waals surface area contributed by atoms with E-state index in [1.807, 2.05) is 30.9 Å². The third-order valence-electron chi connectivity index (χ3n) is 3.25. The molecule has 0 aliphatic heterocycles. The van der Waals surface area contributed by atoms with Gasteiger partial charge in [0, 0.05) is 24.5 Å². The van der Waals surface area contributed by atoms with Crippen molar-refractivity contribution >= 4 is 29.1 Å². The van der Waals surface area contributed by atoms with Crippen LogP contribution in [-0.4, -0.2) is 22.4 Å². The van der Waals surface area contributed by atoms with E-state index >= 15 is 0 Å². The van der Waals surface area contributed by atoms with Gasteiger partial charge in [-0.1, -0.05) is 29.3 Å². The zero-order valence-electron chi connectivity index (χ0n) is 11.8. The topological polar surface area (TPSA) is 46.3 Å². The molecule has 1 fully saturated rings. The number of carbonyl (C=O) groups is 1. The van der Waals surface area contributed by atoms with Crippen LogP contribution in [0.1, 0.15) is 38.7 Å². The molecule has 0 unspecified atom stereocenters. The fourth-order valence-electron chi connectivity index (χ4n) is 2.13. The second kappa shape index (κ2) is 5.92. The molecule has 0 radical (unpaired) electrons. The summed E-state index contributed by atoms with van der Waals surface area (Å²) < 4.78 is 0. The van der Waals surface area contributed by atoms with Gasteiger partial charge >= 0.3 is 0 Å². The van der Waals surface area contributed by atoms with Crippen LogP contribution in [0.5, 0.6) is 0 Å². The highest BCUT2D eigenvalue weighted by atomic mass is 35.5. The number of amides is 1. The van der Waals surface area contributed by atoms with E-state index in [1.54, 1.807) is 6.07 Å². The molecule has 1 aliphatic rings. The summed E-state index contributed by atoms with van der Waals surface area (Å²) in [5, 5.41) is 1.05. The predicted molar refractivity (Wildman–Crippen MR) is 82.9 cm³/mol. The van der Waals surface area contributed by atoms with Crippen molar-refractivity contribution in [1.82, 2.24) is 4.90 Å². The summed E-state index contributed by atoms with van der Waals surface area (Å²) in [5.41, 5.74) is 6.46. The van der Waals surface area contributed by atoms with E-state index in [0.29, 0.717) is 29.1 Å². The fourth-order valence-corrected chi connectivity index (χ4v) is 2.45. The van der Waals surface area contributed by atoms with Crippen molar-refractivity contribution in [2.45, 2.75) is 51.2 Å². The Morgan fingerprint density at radius 1 is 1.35 bits per heavy atom. The molecule has 0 bridgehead atoms. The molecule has 3 nitrogen and oxygen atoms in total. The van der Waals surface area contributed by atoms with Crippen molar-refractivity contribution in [2.75, 3.05) is 0 Å². The van der Waals surface area contributed by atoms with Crippen LogP contribution in [0.4, 0.5) is 0 Å². The number of nitrogens with zero attached hydrogens (tertiary/aromatic N) is 1. The van der Waals surface area contributed by atoms with E-state index in [-0.39, 0.29) is 5.91 Å². The van der Waals surface area contributed by atoms with Crippen molar-refractivity contribution in [1.29, 1.82) is 0 Å². The number of nitrogens with two attached hydrogens (primary N) is 1. The van der Waals surface area contributed by atoms with Crippen molar-refractivity contribution in [3.63, 3.8) is 0 Å². The predicted octanol–water partition coefficient (Wildman–Crippen LogP) is 3.61. The molecule has 20 heavy (non-hydrogen) atoms. The molecule has 1 saturated carbocycles. The number of rotatable bonds is 5. The lowest BCUT2D eigenvalue weighted by atomic mass is 10.0. The van der Waals surface area contributed by atoms with E-state index in [2.05, 4.69) is 0 Å². The van der Waals surface area contributed by atoms with Gasteiger partial charge in [0.05, 0.1) is 10.0 Å². The van der Waals surface area contributed by atoms with Crippen LogP contribution in [0.3, 0.4) is 0 Å². The van der Waals surface area contributed by atoms with Gasteiger partial charge in [-0.3, -0.25) is 4.79 Å². The first kappa shape index (κ1) is 15.6. The van der Waals surface area contributed by atoms with Gasteiger partial charge in [0.2, 0.25) is 5.91 Å². The summed E-state index contributed by atoms with van der Waals surface area (Å²) in [6, 6.07) is 5.84. The molecule has 2 rings (SSSR count). The van der Waals surface area contributed by atoms with Crippen LogP contribution in [0.2, 0.25) is 10.0 Å². The summed E-state index contributed by atoms with van der Waals surface area (Å²) in [6.45, 7) is 4.31. The average molecular weight is 315 g/mol. The first-order valence-corrected chi connectivity index (χ1v) is 7.54. The van der Waals surface area contributed by atoms with Gasteiger partial charge in [0.1, 0.15) is 0 Å². The molecular weight excluding hydrogens is 295 g/mol. The Morgan fingerprint density at radius 2 is 2.00 bits per heavy atom. The van der Waals surface area contributed by atoms with Gasteiger partial charge in [-0.05, 0) is 44.4 Å². The highest BCUT2D eigenvalue weighted by Crippen LogP contribution is 2.31. The first-order chi connectivity index (χ1) is 9.26. The van der Waals surface area contributed by atoms with Crippen molar-refractivity contribution < 1.29 is 4.79 Å².